The molecule has 9 nitrogen and oxygen atoms in total. The van der Waals surface area contributed by atoms with Gasteiger partial charge in [0, 0.05) is 28.4 Å². The second kappa shape index (κ2) is 10.7. The zero-order chi connectivity index (χ0) is 27.5. The van der Waals surface area contributed by atoms with Crippen molar-refractivity contribution in [3.63, 3.8) is 0 Å². The fourth-order valence-electron chi connectivity index (χ4n) is 4.55. The lowest BCUT2D eigenvalue weighted by atomic mass is 10.1. The van der Waals surface area contributed by atoms with Gasteiger partial charge in [0.05, 0.1) is 12.3 Å². The minimum Gasteiger partial charge on any atom is -0.492 e. The molecule has 0 radical (unpaired) electrons. The molecular formula is C30H26N4O5. The third-order valence-corrected chi connectivity index (χ3v) is 6.24. The summed E-state index contributed by atoms with van der Waals surface area (Å²) in [7, 11) is 0. The zero-order valence-corrected chi connectivity index (χ0v) is 21.4. The fraction of sp³-hybridized carbons (Fsp3) is 0.133. The largest absolute Gasteiger partial charge is 0.492 e. The summed E-state index contributed by atoms with van der Waals surface area (Å²) in [6.45, 7) is 4.09. The molecule has 196 valence electrons. The average molecular weight is 523 g/mol. The smallest absolute Gasteiger partial charge is 0.336 e. The van der Waals surface area contributed by atoms with Gasteiger partial charge in [0.15, 0.2) is 0 Å². The molecule has 3 aromatic carbocycles. The Balaban J connectivity index is 1.49. The van der Waals surface area contributed by atoms with Crippen LogP contribution >= 0.6 is 0 Å². The maximum atomic E-state index is 13.5. The predicted molar refractivity (Wildman–Crippen MR) is 148 cm³/mol. The number of para-hydroxylation sites is 3. The number of nitrogens with zero attached hydrogens (tertiary/aromatic N) is 2. The van der Waals surface area contributed by atoms with E-state index < -0.39 is 17.8 Å². The highest BCUT2D eigenvalue weighted by molar-refractivity contribution is 6.39. The van der Waals surface area contributed by atoms with Gasteiger partial charge in [-0.25, -0.2) is 9.69 Å². The lowest BCUT2D eigenvalue weighted by Gasteiger charge is -2.27. The molecule has 0 saturated carbocycles. The van der Waals surface area contributed by atoms with E-state index in [0.717, 1.165) is 21.4 Å². The van der Waals surface area contributed by atoms with Crippen molar-refractivity contribution in [3.05, 3.63) is 95.7 Å². The van der Waals surface area contributed by atoms with Gasteiger partial charge in [-0.05, 0) is 55.8 Å². The predicted octanol–water partition coefficient (Wildman–Crippen LogP) is 4.65. The number of rotatable bonds is 7. The fourth-order valence-corrected chi connectivity index (χ4v) is 4.55. The Hall–Kier alpha value is -5.18. The van der Waals surface area contributed by atoms with Gasteiger partial charge in [-0.15, -0.1) is 0 Å². The van der Waals surface area contributed by atoms with Crippen molar-refractivity contribution in [2.45, 2.75) is 20.4 Å². The molecule has 2 N–H and O–H groups in total. The second-order valence-corrected chi connectivity index (χ2v) is 9.01. The lowest BCUT2D eigenvalue weighted by molar-refractivity contribution is -0.122. The summed E-state index contributed by atoms with van der Waals surface area (Å²) in [6.07, 6.45) is 3.15. The van der Waals surface area contributed by atoms with E-state index in [0.29, 0.717) is 23.6 Å². The summed E-state index contributed by atoms with van der Waals surface area (Å²) >= 11 is 0. The maximum Gasteiger partial charge on any atom is 0.336 e. The van der Waals surface area contributed by atoms with Crippen LogP contribution in [-0.2, 0) is 20.9 Å². The number of urea groups is 1. The average Bonchev–Trinajstić information content (AvgIpc) is 3.24. The van der Waals surface area contributed by atoms with E-state index in [-0.39, 0.29) is 23.7 Å². The van der Waals surface area contributed by atoms with Gasteiger partial charge in [-0.1, -0.05) is 42.5 Å². The molecule has 0 aliphatic carbocycles. The molecule has 1 aromatic heterocycles. The third-order valence-electron chi connectivity index (χ3n) is 6.24. The molecule has 2 heterocycles. The monoisotopic (exact) mass is 522 g/mol. The number of aryl methyl sites for hydroxylation is 1. The van der Waals surface area contributed by atoms with Gasteiger partial charge in [-0.3, -0.25) is 19.7 Å². The minimum absolute atomic E-state index is 0.0180. The molecular weight excluding hydrogens is 496 g/mol. The number of hydrogen-bond acceptors (Lipinski definition) is 5. The highest BCUT2D eigenvalue weighted by atomic mass is 16.5. The van der Waals surface area contributed by atoms with Crippen LogP contribution in [-0.4, -0.2) is 34.9 Å². The Morgan fingerprint density at radius 2 is 1.77 bits per heavy atom. The van der Waals surface area contributed by atoms with Crippen LogP contribution in [0, 0.1) is 6.92 Å². The third kappa shape index (κ3) is 5.15. The Kier molecular flexibility index (Phi) is 6.96. The van der Waals surface area contributed by atoms with E-state index in [1.807, 2.05) is 55.5 Å². The molecule has 0 bridgehead atoms. The van der Waals surface area contributed by atoms with Gasteiger partial charge in [0.25, 0.3) is 11.8 Å². The Morgan fingerprint density at radius 3 is 2.56 bits per heavy atom. The summed E-state index contributed by atoms with van der Waals surface area (Å²) < 4.78 is 7.35. The van der Waals surface area contributed by atoms with Crippen LogP contribution in [0.25, 0.3) is 17.0 Å². The Labute approximate surface area is 224 Å². The van der Waals surface area contributed by atoms with Crippen LogP contribution in [0.4, 0.5) is 16.2 Å². The molecule has 0 spiro atoms. The molecule has 1 aliphatic rings. The van der Waals surface area contributed by atoms with Gasteiger partial charge in [0.1, 0.15) is 17.9 Å². The second-order valence-electron chi connectivity index (χ2n) is 9.01. The van der Waals surface area contributed by atoms with Crippen LogP contribution in [0.1, 0.15) is 18.1 Å². The van der Waals surface area contributed by atoms with Gasteiger partial charge >= 0.3 is 6.03 Å². The number of hydrogen-bond donors (Lipinski definition) is 2. The summed E-state index contributed by atoms with van der Waals surface area (Å²) in [6, 6.07) is 20.7. The number of aromatic nitrogens is 1. The first kappa shape index (κ1) is 25.5. The molecule has 0 unspecified atom stereocenters. The first-order valence-corrected chi connectivity index (χ1v) is 12.4. The topological polar surface area (TPSA) is 110 Å². The van der Waals surface area contributed by atoms with Crippen LogP contribution in [0.2, 0.25) is 0 Å². The van der Waals surface area contributed by atoms with E-state index in [1.165, 1.54) is 6.08 Å². The summed E-state index contributed by atoms with van der Waals surface area (Å²) in [4.78, 5) is 52.8. The highest BCUT2D eigenvalue weighted by Crippen LogP contribution is 2.32. The number of carbonyl (C=O) groups is 4. The normalized spacial score (nSPS) is 14.6. The van der Waals surface area contributed by atoms with Crippen molar-refractivity contribution < 1.29 is 23.9 Å². The van der Waals surface area contributed by atoms with E-state index in [1.54, 1.807) is 42.0 Å². The van der Waals surface area contributed by atoms with E-state index in [9.17, 15) is 19.2 Å². The van der Waals surface area contributed by atoms with E-state index >= 15 is 0 Å². The van der Waals surface area contributed by atoms with Crippen LogP contribution in [0.3, 0.4) is 0 Å². The SMILES string of the molecule is CCOc1ccccc1N1C(=O)NC(=O)/C(=C\c2cn(CC(=O)Nc3cccc(C)c3)c3ccccc23)C1=O. The molecule has 39 heavy (non-hydrogen) atoms. The molecule has 5 amide bonds. The standard InChI is InChI=1S/C30H26N4O5/c1-3-39-26-14-7-6-13-25(26)34-29(37)23(28(36)32-30(34)38)16-20-17-33(24-12-5-4-11-22(20)24)18-27(35)31-21-10-8-9-19(2)15-21/h4-17H,3,18H2,1-2H3,(H,31,35)(H,32,36,38)/b23-16+. The van der Waals surface area contributed by atoms with Crippen molar-refractivity contribution in [1.29, 1.82) is 0 Å². The van der Waals surface area contributed by atoms with Gasteiger partial charge < -0.3 is 14.6 Å². The number of carbonyl (C=O) groups excluding carboxylic acids is 4. The molecule has 1 fully saturated rings. The lowest BCUT2D eigenvalue weighted by Crippen LogP contribution is -2.54. The van der Waals surface area contributed by atoms with Crippen molar-refractivity contribution in [1.82, 2.24) is 9.88 Å². The molecule has 4 aromatic rings. The summed E-state index contributed by atoms with van der Waals surface area (Å²) in [5, 5.41) is 5.89. The van der Waals surface area contributed by atoms with E-state index in [4.69, 9.17) is 4.74 Å². The van der Waals surface area contributed by atoms with Gasteiger partial charge in [0.2, 0.25) is 5.91 Å². The van der Waals surface area contributed by atoms with Crippen molar-refractivity contribution in [3.8, 4) is 5.75 Å². The van der Waals surface area contributed by atoms with Crippen molar-refractivity contribution in [2.24, 2.45) is 0 Å². The van der Waals surface area contributed by atoms with E-state index in [2.05, 4.69) is 10.6 Å². The highest BCUT2D eigenvalue weighted by Gasteiger charge is 2.38. The quantitative estimate of drug-likeness (QED) is 0.271. The molecule has 1 aliphatic heterocycles. The summed E-state index contributed by atoms with van der Waals surface area (Å²) in [5.41, 5.74) is 3.05. The molecule has 1 saturated heterocycles. The Morgan fingerprint density at radius 1 is 1.00 bits per heavy atom. The minimum atomic E-state index is -0.857. The number of nitrogens with one attached hydrogen (secondary N) is 2. The number of ether oxygens (including phenoxy) is 1. The molecule has 5 rings (SSSR count). The number of benzene rings is 3. The number of imide groups is 2. The molecule has 9 heteroatoms. The first-order chi connectivity index (χ1) is 18.9. The summed E-state index contributed by atoms with van der Waals surface area (Å²) in [5.74, 6) is -1.46. The molecule has 0 atom stereocenters. The Bertz CT molecular complexity index is 1650. The van der Waals surface area contributed by atoms with Crippen molar-refractivity contribution in [2.75, 3.05) is 16.8 Å². The zero-order valence-electron chi connectivity index (χ0n) is 21.4. The number of barbiturate groups is 1. The first-order valence-electron chi connectivity index (χ1n) is 12.4. The van der Waals surface area contributed by atoms with Crippen LogP contribution in [0.5, 0.6) is 5.75 Å². The van der Waals surface area contributed by atoms with Gasteiger partial charge in [-0.2, -0.15) is 0 Å². The van der Waals surface area contributed by atoms with Crippen LogP contribution in [0.15, 0.2) is 84.6 Å². The maximum absolute atomic E-state index is 13.5. The van der Waals surface area contributed by atoms with Crippen LogP contribution < -0.4 is 20.3 Å². The number of anilines is 2. The number of fused-ring (bicyclic) bond motifs is 1. The number of amides is 5. The van der Waals surface area contributed by atoms with Crippen molar-refractivity contribution >= 4 is 52.1 Å².